The summed E-state index contributed by atoms with van der Waals surface area (Å²) in [6.07, 6.45) is 0.822. The fourth-order valence-corrected chi connectivity index (χ4v) is 11.6. The van der Waals surface area contributed by atoms with E-state index in [9.17, 15) is 9.59 Å². The first-order valence-corrected chi connectivity index (χ1v) is 16.0. The van der Waals surface area contributed by atoms with E-state index in [1.807, 2.05) is 71.9 Å². The number of carbonyl (C=O) groups excluding carboxylic acids is 2. The molecule has 0 unspecified atom stereocenters. The first-order valence-electron chi connectivity index (χ1n) is 13.7. The van der Waals surface area contributed by atoms with Crippen molar-refractivity contribution in [2.75, 3.05) is 4.90 Å². The minimum absolute atomic E-state index is 0.404. The zero-order valence-electron chi connectivity index (χ0n) is 25.3. The normalized spacial score (nSPS) is 15.2. The molecule has 0 atom stereocenters. The number of nitrogens with zero attached hydrogens (tertiary/aromatic N) is 2. The maximum Gasteiger partial charge on any atom is 0.419 e. The number of hydrogen-bond donors (Lipinski definition) is 0. The maximum absolute atomic E-state index is 14.0. The molecule has 2 heterocycles. The van der Waals surface area contributed by atoms with Crippen LogP contribution in [0.2, 0.25) is 16.6 Å². The lowest BCUT2D eigenvalue weighted by atomic mass is 9.97. The van der Waals surface area contributed by atoms with Crippen LogP contribution in [0.1, 0.15) is 88.8 Å². The summed E-state index contributed by atoms with van der Waals surface area (Å²) in [4.78, 5) is 29.2. The van der Waals surface area contributed by atoms with Crippen LogP contribution in [0.3, 0.4) is 0 Å². The minimum atomic E-state index is -2.21. The number of aromatic nitrogens is 1. The quantitative estimate of drug-likeness (QED) is 0.364. The molecule has 0 spiro atoms. The van der Waals surface area contributed by atoms with E-state index >= 15 is 0 Å². The Morgan fingerprint density at radius 1 is 0.763 bits per heavy atom. The molecule has 2 aromatic rings. The van der Waals surface area contributed by atoms with Crippen molar-refractivity contribution in [3.63, 3.8) is 0 Å². The molecular weight excluding hydrogens is 492 g/mol. The van der Waals surface area contributed by atoms with Crippen LogP contribution in [0.5, 0.6) is 0 Å². The number of anilines is 1. The Labute approximate surface area is 230 Å². The van der Waals surface area contributed by atoms with Gasteiger partial charge in [0.15, 0.2) is 0 Å². The highest BCUT2D eigenvalue weighted by atomic mass is 28.3. The monoisotopic (exact) mass is 538 g/mol. The molecule has 1 aliphatic heterocycles. The van der Waals surface area contributed by atoms with Gasteiger partial charge < -0.3 is 9.47 Å². The minimum Gasteiger partial charge on any atom is -0.443 e. The SMILES string of the molecule is CC(C)[Si](/C=C1/c2c(ccn2C(=O)OC(C)(C)C)-c2ccccc2N1C(=O)OC(C)(C)C)(C(C)C)C(C)C. The van der Waals surface area contributed by atoms with Crippen LogP contribution in [0, 0.1) is 0 Å². The number of amides is 1. The molecule has 0 saturated heterocycles. The van der Waals surface area contributed by atoms with Crippen molar-refractivity contribution in [2.24, 2.45) is 0 Å². The molecule has 6 nitrogen and oxygen atoms in total. The number of hydrogen-bond acceptors (Lipinski definition) is 4. The highest BCUT2D eigenvalue weighted by molar-refractivity contribution is 6.88. The lowest BCUT2D eigenvalue weighted by Crippen LogP contribution is -2.45. The summed E-state index contributed by atoms with van der Waals surface area (Å²) >= 11 is 0. The Kier molecular flexibility index (Phi) is 8.14. The standard InChI is InChI=1S/C31H46N2O4Si/c1-20(2)38(21(3)4,22(5)6)19-26-27-24(17-18-32(27)28(34)36-30(7,8)9)23-15-13-14-16-25(23)33(26)29(35)37-31(10,11)12/h13-22H,1-12H3/b26-19-. The van der Waals surface area contributed by atoms with E-state index in [0.717, 1.165) is 16.8 Å². The van der Waals surface area contributed by atoms with Crippen LogP contribution in [0.15, 0.2) is 42.2 Å². The summed E-state index contributed by atoms with van der Waals surface area (Å²) in [5, 5.41) is 0. The maximum atomic E-state index is 14.0. The van der Waals surface area contributed by atoms with Gasteiger partial charge in [0.2, 0.25) is 0 Å². The highest BCUT2D eigenvalue weighted by Gasteiger charge is 2.45. The average molecular weight is 539 g/mol. The van der Waals surface area contributed by atoms with E-state index in [-0.39, 0.29) is 0 Å². The van der Waals surface area contributed by atoms with Gasteiger partial charge in [-0.15, -0.1) is 0 Å². The number of rotatable bonds is 4. The van der Waals surface area contributed by atoms with Gasteiger partial charge >= 0.3 is 12.2 Å². The van der Waals surface area contributed by atoms with Crippen molar-refractivity contribution in [1.29, 1.82) is 0 Å². The van der Waals surface area contributed by atoms with E-state index in [4.69, 9.17) is 9.47 Å². The Hall–Kier alpha value is -2.80. The molecule has 0 aliphatic carbocycles. The van der Waals surface area contributed by atoms with Crippen molar-refractivity contribution in [3.05, 3.63) is 47.9 Å². The topological polar surface area (TPSA) is 60.8 Å². The molecule has 1 aromatic carbocycles. The fourth-order valence-electron chi connectivity index (χ4n) is 5.88. The third-order valence-electron chi connectivity index (χ3n) is 7.36. The fraction of sp³-hybridized carbons (Fsp3) is 0.548. The molecule has 38 heavy (non-hydrogen) atoms. The van der Waals surface area contributed by atoms with Gasteiger partial charge in [0.1, 0.15) is 11.2 Å². The molecule has 1 aliphatic rings. The van der Waals surface area contributed by atoms with Gasteiger partial charge in [-0.2, -0.15) is 0 Å². The van der Waals surface area contributed by atoms with E-state index in [1.54, 1.807) is 15.7 Å². The second-order valence-electron chi connectivity index (χ2n) is 13.3. The molecule has 208 valence electrons. The highest BCUT2D eigenvalue weighted by Crippen LogP contribution is 2.50. The molecular formula is C31H46N2O4Si. The molecule has 1 amide bonds. The largest absolute Gasteiger partial charge is 0.443 e. The van der Waals surface area contributed by atoms with Crippen molar-refractivity contribution in [3.8, 4) is 11.1 Å². The van der Waals surface area contributed by atoms with Crippen molar-refractivity contribution in [2.45, 2.75) is 111 Å². The lowest BCUT2D eigenvalue weighted by molar-refractivity contribution is 0.0530. The molecule has 3 rings (SSSR count). The summed E-state index contributed by atoms with van der Waals surface area (Å²) in [5.74, 6) is 0. The van der Waals surface area contributed by atoms with Crippen LogP contribution in [-0.4, -0.2) is 36.0 Å². The predicted molar refractivity (Wildman–Crippen MR) is 159 cm³/mol. The van der Waals surface area contributed by atoms with E-state index in [0.29, 0.717) is 28.0 Å². The van der Waals surface area contributed by atoms with Crippen LogP contribution >= 0.6 is 0 Å². The van der Waals surface area contributed by atoms with E-state index in [1.165, 1.54) is 0 Å². The van der Waals surface area contributed by atoms with Gasteiger partial charge in [0.25, 0.3) is 0 Å². The number of para-hydroxylation sites is 1. The van der Waals surface area contributed by atoms with Gasteiger partial charge in [0.05, 0.1) is 25.2 Å². The summed E-state index contributed by atoms with van der Waals surface area (Å²) in [6.45, 7) is 24.9. The smallest absolute Gasteiger partial charge is 0.419 e. The summed E-state index contributed by atoms with van der Waals surface area (Å²) in [5.41, 5.74) is 6.11. The summed E-state index contributed by atoms with van der Waals surface area (Å²) in [7, 11) is -2.21. The average Bonchev–Trinajstić information content (AvgIpc) is 3.19. The van der Waals surface area contributed by atoms with Crippen molar-refractivity contribution in [1.82, 2.24) is 4.57 Å². The predicted octanol–water partition coefficient (Wildman–Crippen LogP) is 9.25. The third kappa shape index (κ3) is 5.63. The first kappa shape index (κ1) is 29.7. The number of ether oxygens (including phenoxy) is 2. The van der Waals surface area contributed by atoms with Gasteiger partial charge in [-0.3, -0.25) is 4.57 Å². The zero-order valence-corrected chi connectivity index (χ0v) is 26.3. The molecule has 1 aromatic heterocycles. The van der Waals surface area contributed by atoms with Crippen LogP contribution in [0.4, 0.5) is 15.3 Å². The molecule has 7 heteroatoms. The van der Waals surface area contributed by atoms with Crippen molar-refractivity contribution < 1.29 is 19.1 Å². The Bertz CT molecular complexity index is 1200. The Morgan fingerprint density at radius 2 is 1.26 bits per heavy atom. The lowest BCUT2D eigenvalue weighted by Gasteiger charge is -2.43. The molecule has 0 bridgehead atoms. The number of benzene rings is 1. The van der Waals surface area contributed by atoms with Gasteiger partial charge in [0, 0.05) is 17.3 Å². The number of carbonyl (C=O) groups is 2. The summed E-state index contributed by atoms with van der Waals surface area (Å²) < 4.78 is 13.3. The first-order chi connectivity index (χ1) is 17.4. The molecule has 0 radical (unpaired) electrons. The molecule has 0 N–H and O–H groups in total. The second kappa shape index (κ2) is 10.4. The van der Waals surface area contributed by atoms with Crippen LogP contribution in [0.25, 0.3) is 16.8 Å². The van der Waals surface area contributed by atoms with Crippen LogP contribution < -0.4 is 4.90 Å². The van der Waals surface area contributed by atoms with Gasteiger partial charge in [-0.1, -0.05) is 65.4 Å². The van der Waals surface area contributed by atoms with E-state index in [2.05, 4.69) is 47.2 Å². The molecule has 0 saturated carbocycles. The molecule has 0 fully saturated rings. The Balaban J connectivity index is 2.45. The van der Waals surface area contributed by atoms with Gasteiger partial charge in [-0.25, -0.2) is 14.5 Å². The third-order valence-corrected chi connectivity index (χ3v) is 14.1. The summed E-state index contributed by atoms with van der Waals surface area (Å²) in [6, 6.07) is 9.76. The van der Waals surface area contributed by atoms with E-state index < -0.39 is 31.5 Å². The van der Waals surface area contributed by atoms with Crippen LogP contribution in [-0.2, 0) is 9.47 Å². The van der Waals surface area contributed by atoms with Gasteiger partial charge in [-0.05, 0) is 70.3 Å². The zero-order chi connectivity index (χ0) is 28.8. The second-order valence-corrected chi connectivity index (χ2v) is 19.0. The Morgan fingerprint density at radius 3 is 1.76 bits per heavy atom. The number of fused-ring (bicyclic) bond motifs is 3. The van der Waals surface area contributed by atoms with Crippen molar-refractivity contribution >= 4 is 31.6 Å².